The normalized spacial score (nSPS) is 17.7. The van der Waals surface area contributed by atoms with E-state index in [0.29, 0.717) is 12.6 Å². The first-order valence-corrected chi connectivity index (χ1v) is 8.41. The quantitative estimate of drug-likeness (QED) is 0.911. The molecule has 1 aromatic heterocycles. The molecule has 0 fully saturated rings. The first-order valence-electron chi connectivity index (χ1n) is 7.22. The van der Waals surface area contributed by atoms with E-state index in [-0.39, 0.29) is 6.09 Å². The number of likely N-dealkylation sites (N-methyl/N-ethyl adjacent to an activating group) is 1. The fourth-order valence-corrected chi connectivity index (χ4v) is 3.74. The molecule has 118 valence electrons. The lowest BCUT2D eigenvalue weighted by Crippen LogP contribution is -2.38. The van der Waals surface area contributed by atoms with Crippen molar-refractivity contribution in [3.05, 3.63) is 20.8 Å². The summed E-state index contributed by atoms with van der Waals surface area (Å²) in [5, 5.41) is 3.50. The van der Waals surface area contributed by atoms with Gasteiger partial charge in [0.2, 0.25) is 0 Å². The van der Waals surface area contributed by atoms with Gasteiger partial charge >= 0.3 is 6.09 Å². The van der Waals surface area contributed by atoms with Gasteiger partial charge < -0.3 is 15.0 Å². The first-order chi connectivity index (χ1) is 9.76. The molecular weight excluding hydrogens is 308 g/mol. The molecule has 1 unspecified atom stereocenters. The van der Waals surface area contributed by atoms with Gasteiger partial charge in [-0.05, 0) is 45.2 Å². The van der Waals surface area contributed by atoms with E-state index in [1.165, 1.54) is 10.4 Å². The predicted octanol–water partition coefficient (Wildman–Crippen LogP) is 3.85. The van der Waals surface area contributed by atoms with Crippen molar-refractivity contribution >= 4 is 29.0 Å². The summed E-state index contributed by atoms with van der Waals surface area (Å²) in [6.45, 7) is 6.98. The maximum atomic E-state index is 11.8. The van der Waals surface area contributed by atoms with E-state index in [1.54, 1.807) is 23.3 Å². The van der Waals surface area contributed by atoms with E-state index in [0.717, 1.165) is 23.7 Å². The summed E-state index contributed by atoms with van der Waals surface area (Å²) in [5.41, 5.74) is 0.872. The lowest BCUT2D eigenvalue weighted by atomic mass is 10.2. The molecule has 21 heavy (non-hydrogen) atoms. The Morgan fingerprint density at radius 1 is 1.57 bits per heavy atom. The number of nitrogens with one attached hydrogen (secondary N) is 1. The summed E-state index contributed by atoms with van der Waals surface area (Å²) < 4.78 is 6.18. The minimum Gasteiger partial charge on any atom is -0.444 e. The topological polar surface area (TPSA) is 41.6 Å². The minimum atomic E-state index is -0.452. The number of halogens is 1. The number of carbonyl (C=O) groups excluding carboxylic acids is 1. The Hall–Kier alpha value is -0.780. The number of nitrogens with zero attached hydrogens (tertiary/aromatic N) is 1. The second-order valence-corrected chi connectivity index (χ2v) is 8.14. The van der Waals surface area contributed by atoms with Crippen LogP contribution in [0.4, 0.5) is 4.79 Å². The van der Waals surface area contributed by atoms with Gasteiger partial charge in [-0.2, -0.15) is 0 Å². The lowest BCUT2D eigenvalue weighted by Gasteiger charge is -2.25. The number of hydrogen-bond acceptors (Lipinski definition) is 4. The smallest absolute Gasteiger partial charge is 0.410 e. The van der Waals surface area contributed by atoms with Crippen LogP contribution in [0.15, 0.2) is 6.07 Å². The van der Waals surface area contributed by atoms with Gasteiger partial charge in [0.1, 0.15) is 5.60 Å². The Labute approximate surface area is 135 Å². The molecule has 1 aliphatic carbocycles. The molecule has 1 heterocycles. The highest BCUT2D eigenvalue weighted by atomic mass is 35.5. The van der Waals surface area contributed by atoms with Crippen molar-refractivity contribution in [2.45, 2.75) is 45.3 Å². The summed E-state index contributed by atoms with van der Waals surface area (Å²) >= 11 is 7.73. The van der Waals surface area contributed by atoms with Crippen LogP contribution >= 0.6 is 22.9 Å². The van der Waals surface area contributed by atoms with E-state index in [9.17, 15) is 4.79 Å². The largest absolute Gasteiger partial charge is 0.444 e. The number of carbonyl (C=O) groups is 1. The van der Waals surface area contributed by atoms with Crippen LogP contribution in [-0.4, -0.2) is 36.7 Å². The number of thiophene rings is 1. The SMILES string of the molecule is CN(CCNC1CCc2sc(Cl)cc21)C(=O)OC(C)(C)C. The van der Waals surface area contributed by atoms with Gasteiger partial charge in [0.15, 0.2) is 0 Å². The number of rotatable bonds is 4. The van der Waals surface area contributed by atoms with Gasteiger partial charge in [-0.1, -0.05) is 11.6 Å². The lowest BCUT2D eigenvalue weighted by molar-refractivity contribution is 0.0299. The molecule has 1 aliphatic rings. The molecule has 0 aromatic carbocycles. The van der Waals surface area contributed by atoms with E-state index in [4.69, 9.17) is 16.3 Å². The van der Waals surface area contributed by atoms with Gasteiger partial charge in [-0.25, -0.2) is 4.79 Å². The highest BCUT2D eigenvalue weighted by Crippen LogP contribution is 2.39. The molecule has 1 aromatic rings. The Kier molecular flexibility index (Phi) is 5.17. The zero-order chi connectivity index (χ0) is 15.6. The minimum absolute atomic E-state index is 0.282. The van der Waals surface area contributed by atoms with Crippen LogP contribution in [0.3, 0.4) is 0 Å². The monoisotopic (exact) mass is 330 g/mol. The summed E-state index contributed by atoms with van der Waals surface area (Å²) in [6, 6.07) is 2.42. The predicted molar refractivity (Wildman–Crippen MR) is 87.3 cm³/mol. The molecular formula is C15H23ClN2O2S. The van der Waals surface area contributed by atoms with Crippen molar-refractivity contribution in [1.29, 1.82) is 0 Å². The second kappa shape index (κ2) is 6.55. The highest BCUT2D eigenvalue weighted by molar-refractivity contribution is 7.16. The Bertz CT molecular complexity index is 510. The zero-order valence-corrected chi connectivity index (χ0v) is 14.6. The summed E-state index contributed by atoms with van der Waals surface area (Å²) in [5.74, 6) is 0. The third kappa shape index (κ3) is 4.59. The summed E-state index contributed by atoms with van der Waals surface area (Å²) in [6.07, 6.45) is 1.91. The third-order valence-corrected chi connectivity index (χ3v) is 4.73. The van der Waals surface area contributed by atoms with Crippen molar-refractivity contribution in [1.82, 2.24) is 10.2 Å². The van der Waals surface area contributed by atoms with Crippen LogP contribution in [0.1, 0.15) is 43.7 Å². The van der Waals surface area contributed by atoms with Crippen molar-refractivity contribution < 1.29 is 9.53 Å². The van der Waals surface area contributed by atoms with Gasteiger partial charge in [-0.15, -0.1) is 11.3 Å². The summed E-state index contributed by atoms with van der Waals surface area (Å²) in [7, 11) is 1.76. The fraction of sp³-hybridized carbons (Fsp3) is 0.667. The second-order valence-electron chi connectivity index (χ2n) is 6.38. The van der Waals surface area contributed by atoms with Crippen molar-refractivity contribution in [3.63, 3.8) is 0 Å². The highest BCUT2D eigenvalue weighted by Gasteiger charge is 2.25. The molecule has 2 rings (SSSR count). The molecule has 0 radical (unpaired) electrons. The number of ether oxygens (including phenoxy) is 1. The van der Waals surface area contributed by atoms with Crippen LogP contribution in [0.2, 0.25) is 4.34 Å². The van der Waals surface area contributed by atoms with E-state index < -0.39 is 5.60 Å². The molecule has 0 bridgehead atoms. The van der Waals surface area contributed by atoms with Crippen LogP contribution in [0, 0.1) is 0 Å². The standard InChI is InChI=1S/C15H23ClN2O2S/c1-15(2,3)20-14(19)18(4)8-7-17-11-5-6-12-10(11)9-13(16)21-12/h9,11,17H,5-8H2,1-4H3. The number of hydrogen-bond donors (Lipinski definition) is 1. The number of fused-ring (bicyclic) bond motifs is 1. The van der Waals surface area contributed by atoms with Crippen LogP contribution in [0.25, 0.3) is 0 Å². The fourth-order valence-electron chi connectivity index (χ4n) is 2.38. The Morgan fingerprint density at radius 3 is 2.95 bits per heavy atom. The average molecular weight is 331 g/mol. The molecule has 1 amide bonds. The van der Waals surface area contributed by atoms with Gasteiger partial charge in [0, 0.05) is 31.1 Å². The molecule has 0 saturated carbocycles. The van der Waals surface area contributed by atoms with Gasteiger partial charge in [0.05, 0.1) is 4.34 Å². The Balaban J connectivity index is 1.76. The van der Waals surface area contributed by atoms with E-state index in [1.807, 2.05) is 20.8 Å². The van der Waals surface area contributed by atoms with Crippen molar-refractivity contribution in [2.24, 2.45) is 0 Å². The zero-order valence-electron chi connectivity index (χ0n) is 13.0. The molecule has 6 heteroatoms. The van der Waals surface area contributed by atoms with E-state index >= 15 is 0 Å². The average Bonchev–Trinajstić information content (AvgIpc) is 2.87. The first kappa shape index (κ1) is 16.6. The van der Waals surface area contributed by atoms with Crippen LogP contribution < -0.4 is 5.32 Å². The van der Waals surface area contributed by atoms with Gasteiger partial charge in [-0.3, -0.25) is 0 Å². The van der Waals surface area contributed by atoms with Crippen molar-refractivity contribution in [3.8, 4) is 0 Å². The molecule has 1 N–H and O–H groups in total. The molecule has 4 nitrogen and oxygen atoms in total. The Morgan fingerprint density at radius 2 is 2.29 bits per heavy atom. The molecule has 0 aliphatic heterocycles. The number of aryl methyl sites for hydroxylation is 1. The number of amides is 1. The maximum Gasteiger partial charge on any atom is 0.410 e. The van der Waals surface area contributed by atoms with Crippen molar-refractivity contribution in [2.75, 3.05) is 20.1 Å². The molecule has 0 spiro atoms. The van der Waals surface area contributed by atoms with Gasteiger partial charge in [0.25, 0.3) is 0 Å². The third-order valence-electron chi connectivity index (χ3n) is 3.39. The van der Waals surface area contributed by atoms with E-state index in [2.05, 4.69) is 11.4 Å². The van der Waals surface area contributed by atoms with Crippen LogP contribution in [-0.2, 0) is 11.2 Å². The van der Waals surface area contributed by atoms with Crippen LogP contribution in [0.5, 0.6) is 0 Å². The maximum absolute atomic E-state index is 11.8. The summed E-state index contributed by atoms with van der Waals surface area (Å²) in [4.78, 5) is 14.8. The molecule has 1 atom stereocenters. The molecule has 0 saturated heterocycles.